The second-order valence-electron chi connectivity index (χ2n) is 4.55. The number of nitrogens with one attached hydrogen (secondary N) is 1. The van der Waals surface area contributed by atoms with Gasteiger partial charge in [-0.05, 0) is 42.0 Å². The Morgan fingerprint density at radius 3 is 2.67 bits per heavy atom. The van der Waals surface area contributed by atoms with E-state index in [0.29, 0.717) is 21.4 Å². The molecule has 0 atom stereocenters. The first kappa shape index (κ1) is 18.0. The molecular formula is C16H13Cl2FN2O3. The summed E-state index contributed by atoms with van der Waals surface area (Å²) in [6, 6.07) is 8.95. The van der Waals surface area contributed by atoms with E-state index >= 15 is 0 Å². The zero-order valence-electron chi connectivity index (χ0n) is 12.6. The molecule has 0 aliphatic rings. The molecule has 0 saturated carbocycles. The molecule has 0 aliphatic heterocycles. The highest BCUT2D eigenvalue weighted by molar-refractivity contribution is 6.35. The van der Waals surface area contributed by atoms with E-state index in [4.69, 9.17) is 32.7 Å². The maximum Gasteiger partial charge on any atom is 0.277 e. The Hall–Kier alpha value is -2.31. The first-order chi connectivity index (χ1) is 11.5. The smallest absolute Gasteiger partial charge is 0.277 e. The number of carbonyl (C=O) groups is 1. The van der Waals surface area contributed by atoms with Crippen molar-refractivity contribution >= 4 is 35.3 Å². The molecule has 2 rings (SSSR count). The van der Waals surface area contributed by atoms with Gasteiger partial charge in [0.15, 0.2) is 18.2 Å². The van der Waals surface area contributed by atoms with Crippen LogP contribution in [0.2, 0.25) is 10.0 Å². The number of benzene rings is 2. The molecule has 1 amide bonds. The molecular weight excluding hydrogens is 358 g/mol. The fraction of sp³-hybridized carbons (Fsp3) is 0.125. The van der Waals surface area contributed by atoms with Gasteiger partial charge in [0.25, 0.3) is 5.91 Å². The van der Waals surface area contributed by atoms with Crippen LogP contribution in [0.1, 0.15) is 5.56 Å². The Kier molecular flexibility index (Phi) is 6.40. The monoisotopic (exact) mass is 370 g/mol. The summed E-state index contributed by atoms with van der Waals surface area (Å²) in [7, 11) is 1.37. The predicted octanol–water partition coefficient (Wildman–Crippen LogP) is 3.67. The molecule has 0 heterocycles. The van der Waals surface area contributed by atoms with Crippen LogP contribution in [0.25, 0.3) is 0 Å². The summed E-state index contributed by atoms with van der Waals surface area (Å²) in [6.07, 6.45) is 1.30. The lowest BCUT2D eigenvalue weighted by Gasteiger charge is -2.07. The van der Waals surface area contributed by atoms with E-state index in [-0.39, 0.29) is 12.4 Å². The molecule has 5 nitrogen and oxygen atoms in total. The Bertz CT molecular complexity index is 769. The number of carbonyl (C=O) groups excluding carboxylic acids is 1. The van der Waals surface area contributed by atoms with Gasteiger partial charge in [0.2, 0.25) is 0 Å². The molecule has 0 spiro atoms. The van der Waals surface area contributed by atoms with Gasteiger partial charge in [-0.15, -0.1) is 0 Å². The van der Waals surface area contributed by atoms with Crippen molar-refractivity contribution in [3.05, 3.63) is 57.8 Å². The molecule has 2 aromatic rings. The van der Waals surface area contributed by atoms with Crippen molar-refractivity contribution < 1.29 is 18.7 Å². The van der Waals surface area contributed by atoms with Gasteiger partial charge >= 0.3 is 0 Å². The van der Waals surface area contributed by atoms with Crippen molar-refractivity contribution in [2.75, 3.05) is 13.7 Å². The number of hydrazone groups is 1. The summed E-state index contributed by atoms with van der Waals surface area (Å²) in [5.74, 6) is -0.554. The Morgan fingerprint density at radius 1 is 1.25 bits per heavy atom. The molecule has 24 heavy (non-hydrogen) atoms. The van der Waals surface area contributed by atoms with E-state index in [1.165, 1.54) is 31.5 Å². The zero-order chi connectivity index (χ0) is 17.5. The molecule has 0 aliphatic carbocycles. The van der Waals surface area contributed by atoms with Gasteiger partial charge in [0, 0.05) is 5.02 Å². The van der Waals surface area contributed by atoms with Crippen molar-refractivity contribution in [2.45, 2.75) is 0 Å². The first-order valence-electron chi connectivity index (χ1n) is 6.73. The lowest BCUT2D eigenvalue weighted by Crippen LogP contribution is -2.24. The number of hydrogen-bond donors (Lipinski definition) is 1. The molecule has 0 unspecified atom stereocenters. The van der Waals surface area contributed by atoms with Crippen molar-refractivity contribution in [1.29, 1.82) is 0 Å². The second kappa shape index (κ2) is 8.52. The Morgan fingerprint density at radius 2 is 2.00 bits per heavy atom. The maximum absolute atomic E-state index is 13.5. The summed E-state index contributed by atoms with van der Waals surface area (Å²) >= 11 is 11.7. The highest BCUT2D eigenvalue weighted by Gasteiger charge is 2.06. The minimum absolute atomic E-state index is 0.129. The number of ether oxygens (including phenoxy) is 2. The molecule has 0 saturated heterocycles. The largest absolute Gasteiger partial charge is 0.494 e. The van der Waals surface area contributed by atoms with Crippen LogP contribution in [0.4, 0.5) is 4.39 Å². The fourth-order valence-electron chi connectivity index (χ4n) is 1.71. The summed E-state index contributed by atoms with van der Waals surface area (Å²) < 4.78 is 23.6. The van der Waals surface area contributed by atoms with Crippen LogP contribution >= 0.6 is 23.2 Å². The lowest BCUT2D eigenvalue weighted by molar-refractivity contribution is -0.123. The number of nitrogens with zero attached hydrogens (tertiary/aromatic N) is 1. The Labute approximate surface area is 148 Å². The van der Waals surface area contributed by atoms with Gasteiger partial charge < -0.3 is 9.47 Å². The van der Waals surface area contributed by atoms with Crippen LogP contribution in [0, 0.1) is 5.82 Å². The van der Waals surface area contributed by atoms with Crippen molar-refractivity contribution in [3.8, 4) is 11.5 Å². The Balaban J connectivity index is 1.85. The van der Waals surface area contributed by atoms with E-state index < -0.39 is 11.7 Å². The number of rotatable bonds is 6. The highest BCUT2D eigenvalue weighted by Crippen LogP contribution is 2.27. The topological polar surface area (TPSA) is 59.9 Å². The predicted molar refractivity (Wildman–Crippen MR) is 90.6 cm³/mol. The van der Waals surface area contributed by atoms with Gasteiger partial charge in [-0.25, -0.2) is 9.82 Å². The van der Waals surface area contributed by atoms with E-state index in [0.717, 1.165) is 0 Å². The molecule has 0 aromatic heterocycles. The van der Waals surface area contributed by atoms with Crippen molar-refractivity contribution in [3.63, 3.8) is 0 Å². The van der Waals surface area contributed by atoms with Crippen LogP contribution in [-0.4, -0.2) is 25.8 Å². The van der Waals surface area contributed by atoms with Crippen molar-refractivity contribution in [2.24, 2.45) is 5.10 Å². The highest BCUT2D eigenvalue weighted by atomic mass is 35.5. The maximum atomic E-state index is 13.5. The summed E-state index contributed by atoms with van der Waals surface area (Å²) in [5, 5.41) is 4.49. The molecule has 8 heteroatoms. The van der Waals surface area contributed by atoms with Gasteiger partial charge in [0.1, 0.15) is 5.75 Å². The molecule has 0 radical (unpaired) electrons. The average Bonchev–Trinajstić information content (AvgIpc) is 2.54. The van der Waals surface area contributed by atoms with Crippen LogP contribution in [0.5, 0.6) is 11.5 Å². The zero-order valence-corrected chi connectivity index (χ0v) is 14.1. The third-order valence-electron chi connectivity index (χ3n) is 2.83. The SMILES string of the molecule is COc1ccc(/C=N\NC(=O)COc2ccc(Cl)cc2Cl)cc1F. The van der Waals surface area contributed by atoms with Crippen LogP contribution in [0.15, 0.2) is 41.5 Å². The van der Waals surface area contributed by atoms with E-state index in [2.05, 4.69) is 10.5 Å². The molecule has 2 aromatic carbocycles. The summed E-state index contributed by atoms with van der Waals surface area (Å²) in [6.45, 7) is -0.282. The molecule has 1 N–H and O–H groups in total. The standard InChI is InChI=1S/C16H13Cl2FN2O3/c1-23-15-4-2-10(6-13(15)19)8-20-21-16(22)9-24-14-5-3-11(17)7-12(14)18/h2-8H,9H2,1H3,(H,21,22)/b20-8-. The summed E-state index contributed by atoms with van der Waals surface area (Å²) in [4.78, 5) is 11.6. The number of amides is 1. The fourth-order valence-corrected chi connectivity index (χ4v) is 2.17. The van der Waals surface area contributed by atoms with E-state index in [1.54, 1.807) is 18.2 Å². The van der Waals surface area contributed by atoms with Crippen LogP contribution in [0.3, 0.4) is 0 Å². The molecule has 0 bridgehead atoms. The number of methoxy groups -OCH3 is 1. The first-order valence-corrected chi connectivity index (χ1v) is 7.48. The van der Waals surface area contributed by atoms with Gasteiger partial charge in [-0.2, -0.15) is 5.10 Å². The lowest BCUT2D eigenvalue weighted by atomic mass is 10.2. The normalized spacial score (nSPS) is 10.7. The van der Waals surface area contributed by atoms with E-state index in [9.17, 15) is 9.18 Å². The molecule has 126 valence electrons. The van der Waals surface area contributed by atoms with Gasteiger partial charge in [-0.1, -0.05) is 23.2 Å². The minimum atomic E-state index is -0.520. The third-order valence-corrected chi connectivity index (χ3v) is 3.36. The van der Waals surface area contributed by atoms with Crippen LogP contribution < -0.4 is 14.9 Å². The molecule has 0 fully saturated rings. The third kappa shape index (κ3) is 5.11. The van der Waals surface area contributed by atoms with Crippen LogP contribution in [-0.2, 0) is 4.79 Å². The van der Waals surface area contributed by atoms with Gasteiger partial charge in [0.05, 0.1) is 18.3 Å². The number of halogens is 3. The van der Waals surface area contributed by atoms with Gasteiger partial charge in [-0.3, -0.25) is 4.79 Å². The minimum Gasteiger partial charge on any atom is -0.494 e. The summed E-state index contributed by atoms with van der Waals surface area (Å²) in [5.41, 5.74) is 2.73. The quantitative estimate of drug-likeness (QED) is 0.623. The van der Waals surface area contributed by atoms with E-state index in [1.807, 2.05) is 0 Å². The van der Waals surface area contributed by atoms with Crippen molar-refractivity contribution in [1.82, 2.24) is 5.43 Å². The number of hydrogen-bond acceptors (Lipinski definition) is 4. The second-order valence-corrected chi connectivity index (χ2v) is 5.39. The average molecular weight is 371 g/mol.